The maximum absolute atomic E-state index is 14.0. The van der Waals surface area contributed by atoms with Crippen molar-refractivity contribution in [2.45, 2.75) is 32.1 Å². The average molecular weight is 549 g/mol. The maximum atomic E-state index is 14.0. The van der Waals surface area contributed by atoms with Crippen molar-refractivity contribution < 1.29 is 14.3 Å². The van der Waals surface area contributed by atoms with E-state index < -0.39 is 0 Å². The van der Waals surface area contributed by atoms with Crippen LogP contribution >= 0.6 is 0 Å². The molecular weight excluding hydrogens is 508 g/mol. The number of benzene rings is 4. The SMILES string of the molecule is O=C(c1ccc(OCCN2CCCCC2)cc1-c1ccc(OCCN2CCCC2)cc1)c1cccc2ccccc12. The first kappa shape index (κ1) is 27.5. The van der Waals surface area contributed by atoms with Gasteiger partial charge in [-0.3, -0.25) is 14.6 Å². The van der Waals surface area contributed by atoms with Gasteiger partial charge >= 0.3 is 0 Å². The Hall–Kier alpha value is -3.67. The molecule has 5 heteroatoms. The van der Waals surface area contributed by atoms with Gasteiger partial charge in [-0.2, -0.15) is 0 Å². The molecule has 0 atom stereocenters. The molecule has 0 saturated carbocycles. The number of hydrogen-bond donors (Lipinski definition) is 0. The lowest BCUT2D eigenvalue weighted by molar-refractivity contribution is 0.104. The molecule has 0 bridgehead atoms. The summed E-state index contributed by atoms with van der Waals surface area (Å²) in [5, 5.41) is 2.03. The molecule has 0 spiro atoms. The summed E-state index contributed by atoms with van der Waals surface area (Å²) in [7, 11) is 0. The van der Waals surface area contributed by atoms with Crippen LogP contribution < -0.4 is 9.47 Å². The molecule has 0 aliphatic carbocycles. The third kappa shape index (κ3) is 6.80. The largest absolute Gasteiger partial charge is 0.492 e. The van der Waals surface area contributed by atoms with Crippen LogP contribution in [0.25, 0.3) is 21.9 Å². The molecule has 2 fully saturated rings. The Balaban J connectivity index is 1.24. The molecule has 0 amide bonds. The van der Waals surface area contributed by atoms with E-state index in [1.807, 2.05) is 60.7 Å². The Kier molecular flexibility index (Phi) is 8.94. The number of nitrogens with zero attached hydrogens (tertiary/aromatic N) is 2. The third-order valence-electron chi connectivity index (χ3n) is 8.44. The monoisotopic (exact) mass is 548 g/mol. The topological polar surface area (TPSA) is 42.0 Å². The van der Waals surface area contributed by atoms with Crippen LogP contribution in [0.2, 0.25) is 0 Å². The minimum absolute atomic E-state index is 0.0163. The second kappa shape index (κ2) is 13.3. The van der Waals surface area contributed by atoms with Crippen LogP contribution in [-0.2, 0) is 0 Å². The normalized spacial score (nSPS) is 16.2. The number of carbonyl (C=O) groups is 1. The van der Waals surface area contributed by atoms with Gasteiger partial charge in [-0.1, -0.05) is 61.0 Å². The highest BCUT2D eigenvalue weighted by Gasteiger charge is 2.19. The lowest BCUT2D eigenvalue weighted by atomic mass is 9.91. The van der Waals surface area contributed by atoms with Gasteiger partial charge in [0.15, 0.2) is 5.78 Å². The number of likely N-dealkylation sites (tertiary alicyclic amines) is 2. The van der Waals surface area contributed by atoms with Gasteiger partial charge in [0.1, 0.15) is 24.7 Å². The number of ketones is 1. The van der Waals surface area contributed by atoms with Crippen molar-refractivity contribution in [3.63, 3.8) is 0 Å². The molecule has 4 aromatic carbocycles. The molecule has 0 unspecified atom stereocenters. The standard InChI is InChI=1S/C36H40N2O3/c39-36(33-12-8-10-28-9-2-3-11-32(28)33)34-18-17-31(41-26-24-37-19-4-1-5-20-37)27-35(34)29-13-15-30(16-14-29)40-25-23-38-21-6-7-22-38/h2-3,8-18,27H,1,4-7,19-26H2. The van der Waals surface area contributed by atoms with Crippen molar-refractivity contribution in [2.75, 3.05) is 52.5 Å². The fraction of sp³-hybridized carbons (Fsp3) is 0.361. The van der Waals surface area contributed by atoms with E-state index in [1.165, 1.54) is 45.2 Å². The summed E-state index contributed by atoms with van der Waals surface area (Å²) in [6, 6.07) is 28.0. The lowest BCUT2D eigenvalue weighted by Gasteiger charge is -2.26. The number of piperidine rings is 1. The smallest absolute Gasteiger partial charge is 0.194 e. The van der Waals surface area contributed by atoms with Gasteiger partial charge in [0.2, 0.25) is 0 Å². The molecule has 212 valence electrons. The van der Waals surface area contributed by atoms with Gasteiger partial charge in [-0.25, -0.2) is 0 Å². The summed E-state index contributed by atoms with van der Waals surface area (Å²) in [6.07, 6.45) is 6.44. The van der Waals surface area contributed by atoms with Crippen molar-refractivity contribution in [1.82, 2.24) is 9.80 Å². The van der Waals surface area contributed by atoms with Crippen LogP contribution in [0.1, 0.15) is 48.0 Å². The molecule has 2 aliphatic heterocycles. The fourth-order valence-electron chi connectivity index (χ4n) is 6.12. The summed E-state index contributed by atoms with van der Waals surface area (Å²) < 4.78 is 12.3. The molecule has 0 radical (unpaired) electrons. The zero-order valence-electron chi connectivity index (χ0n) is 23.9. The van der Waals surface area contributed by atoms with Crippen molar-refractivity contribution in [3.05, 3.63) is 96.1 Å². The first-order valence-corrected chi connectivity index (χ1v) is 15.2. The van der Waals surface area contributed by atoms with Crippen LogP contribution in [0, 0.1) is 0 Å². The zero-order valence-corrected chi connectivity index (χ0v) is 23.9. The van der Waals surface area contributed by atoms with Crippen LogP contribution in [0.15, 0.2) is 84.9 Å². The predicted molar refractivity (Wildman–Crippen MR) is 166 cm³/mol. The Labute approximate surface area is 243 Å². The average Bonchev–Trinajstić information content (AvgIpc) is 3.55. The van der Waals surface area contributed by atoms with Gasteiger partial charge in [-0.05, 0) is 104 Å². The van der Waals surface area contributed by atoms with E-state index >= 15 is 0 Å². The van der Waals surface area contributed by atoms with Crippen molar-refractivity contribution >= 4 is 16.6 Å². The summed E-state index contributed by atoms with van der Waals surface area (Å²) in [4.78, 5) is 19.0. The van der Waals surface area contributed by atoms with E-state index in [1.54, 1.807) is 0 Å². The lowest BCUT2D eigenvalue weighted by Crippen LogP contribution is -2.33. The molecule has 41 heavy (non-hydrogen) atoms. The number of carbonyl (C=O) groups excluding carboxylic acids is 1. The van der Waals surface area contributed by atoms with E-state index in [2.05, 4.69) is 34.1 Å². The second-order valence-corrected chi connectivity index (χ2v) is 11.2. The molecular formula is C36H40N2O3. The minimum Gasteiger partial charge on any atom is -0.492 e. The van der Waals surface area contributed by atoms with Crippen LogP contribution in [0.3, 0.4) is 0 Å². The van der Waals surface area contributed by atoms with Gasteiger partial charge in [0, 0.05) is 24.2 Å². The van der Waals surface area contributed by atoms with Crippen molar-refractivity contribution in [3.8, 4) is 22.6 Å². The Bertz CT molecular complexity index is 1450. The van der Waals surface area contributed by atoms with Crippen LogP contribution in [-0.4, -0.2) is 68.1 Å². The third-order valence-corrected chi connectivity index (χ3v) is 8.44. The van der Waals surface area contributed by atoms with Crippen molar-refractivity contribution in [2.24, 2.45) is 0 Å². The molecule has 2 aliphatic rings. The van der Waals surface area contributed by atoms with E-state index in [-0.39, 0.29) is 5.78 Å². The van der Waals surface area contributed by atoms with E-state index in [4.69, 9.17) is 9.47 Å². The van der Waals surface area contributed by atoms with Crippen LogP contribution in [0.4, 0.5) is 0 Å². The highest BCUT2D eigenvalue weighted by atomic mass is 16.5. The number of hydrogen-bond acceptors (Lipinski definition) is 5. The summed E-state index contributed by atoms with van der Waals surface area (Å²) in [5.74, 6) is 1.66. The molecule has 6 rings (SSSR count). The highest BCUT2D eigenvalue weighted by Crippen LogP contribution is 2.32. The van der Waals surface area contributed by atoms with Gasteiger partial charge < -0.3 is 9.47 Å². The molecule has 5 nitrogen and oxygen atoms in total. The van der Waals surface area contributed by atoms with E-state index in [0.717, 1.165) is 59.6 Å². The van der Waals surface area contributed by atoms with E-state index in [0.29, 0.717) is 24.3 Å². The number of rotatable bonds is 11. The number of ether oxygens (including phenoxy) is 2. The number of fused-ring (bicyclic) bond motifs is 1. The van der Waals surface area contributed by atoms with E-state index in [9.17, 15) is 4.79 Å². The summed E-state index contributed by atoms with van der Waals surface area (Å²) >= 11 is 0. The van der Waals surface area contributed by atoms with Gasteiger partial charge in [-0.15, -0.1) is 0 Å². The molecule has 0 N–H and O–H groups in total. The Morgan fingerprint density at radius 3 is 1.95 bits per heavy atom. The molecule has 2 saturated heterocycles. The second-order valence-electron chi connectivity index (χ2n) is 11.2. The minimum atomic E-state index is 0.0163. The zero-order chi connectivity index (χ0) is 27.9. The molecule has 0 aromatic heterocycles. The van der Waals surface area contributed by atoms with Gasteiger partial charge in [0.25, 0.3) is 0 Å². The molecule has 4 aromatic rings. The highest BCUT2D eigenvalue weighted by molar-refractivity contribution is 6.19. The Morgan fingerprint density at radius 2 is 1.22 bits per heavy atom. The summed E-state index contributed by atoms with van der Waals surface area (Å²) in [5.41, 5.74) is 3.24. The first-order valence-electron chi connectivity index (χ1n) is 15.2. The molecule has 2 heterocycles. The fourth-order valence-corrected chi connectivity index (χ4v) is 6.12. The Morgan fingerprint density at radius 1 is 0.610 bits per heavy atom. The predicted octanol–water partition coefficient (Wildman–Crippen LogP) is 7.08. The maximum Gasteiger partial charge on any atom is 0.194 e. The quantitative estimate of drug-likeness (QED) is 0.187. The first-order chi connectivity index (χ1) is 20.2. The van der Waals surface area contributed by atoms with Crippen molar-refractivity contribution in [1.29, 1.82) is 0 Å². The van der Waals surface area contributed by atoms with Crippen LogP contribution in [0.5, 0.6) is 11.5 Å². The summed E-state index contributed by atoms with van der Waals surface area (Å²) in [6.45, 7) is 7.86. The van der Waals surface area contributed by atoms with Gasteiger partial charge in [0.05, 0.1) is 0 Å².